The SMILES string of the molecule is C[C@](O)(C[C@H](Cc1ccc(-c2ccccc2)cc1)NC(=O)c1n[nH]c(Cl)n1)C(=O)O. The number of carboxylic acid groups (broad SMARTS) is 1. The zero-order valence-corrected chi connectivity index (χ0v) is 16.9. The van der Waals surface area contributed by atoms with Crippen LogP contribution >= 0.6 is 11.6 Å². The monoisotopic (exact) mass is 428 g/mol. The Morgan fingerprint density at radius 3 is 2.33 bits per heavy atom. The Labute approximate surface area is 177 Å². The minimum absolute atomic E-state index is 0.0364. The van der Waals surface area contributed by atoms with Crippen molar-refractivity contribution < 1.29 is 19.8 Å². The second kappa shape index (κ2) is 9.06. The summed E-state index contributed by atoms with van der Waals surface area (Å²) in [6.07, 6.45) is 0.106. The van der Waals surface area contributed by atoms with Gasteiger partial charge in [0, 0.05) is 12.5 Å². The molecule has 1 amide bonds. The van der Waals surface area contributed by atoms with Crippen molar-refractivity contribution in [2.45, 2.75) is 31.4 Å². The van der Waals surface area contributed by atoms with Gasteiger partial charge in [0.25, 0.3) is 5.91 Å². The summed E-state index contributed by atoms with van der Waals surface area (Å²) < 4.78 is 0. The average molecular weight is 429 g/mol. The van der Waals surface area contributed by atoms with Crippen molar-refractivity contribution in [3.05, 3.63) is 71.3 Å². The molecule has 0 radical (unpaired) electrons. The molecule has 0 spiro atoms. The van der Waals surface area contributed by atoms with Crippen LogP contribution in [0.3, 0.4) is 0 Å². The van der Waals surface area contributed by atoms with Crippen LogP contribution in [-0.4, -0.2) is 48.9 Å². The van der Waals surface area contributed by atoms with Gasteiger partial charge in [0.05, 0.1) is 0 Å². The maximum atomic E-state index is 12.4. The zero-order chi connectivity index (χ0) is 21.7. The fourth-order valence-corrected chi connectivity index (χ4v) is 3.21. The first-order valence-electron chi connectivity index (χ1n) is 9.23. The number of hydrogen-bond donors (Lipinski definition) is 4. The summed E-state index contributed by atoms with van der Waals surface area (Å²) in [5, 5.41) is 28.2. The molecule has 1 aromatic heterocycles. The molecule has 0 aliphatic heterocycles. The van der Waals surface area contributed by atoms with E-state index in [-0.39, 0.29) is 17.5 Å². The molecule has 3 rings (SSSR count). The fourth-order valence-electron chi connectivity index (χ4n) is 3.08. The first-order chi connectivity index (χ1) is 14.2. The zero-order valence-electron chi connectivity index (χ0n) is 16.2. The molecule has 9 heteroatoms. The van der Waals surface area contributed by atoms with Gasteiger partial charge in [-0.3, -0.25) is 4.79 Å². The number of nitrogens with zero attached hydrogens (tertiary/aromatic N) is 2. The number of carbonyl (C=O) groups is 2. The molecular weight excluding hydrogens is 408 g/mol. The number of aliphatic carboxylic acids is 1. The van der Waals surface area contributed by atoms with Crippen molar-refractivity contribution >= 4 is 23.5 Å². The maximum Gasteiger partial charge on any atom is 0.335 e. The van der Waals surface area contributed by atoms with Crippen molar-refractivity contribution in [2.75, 3.05) is 0 Å². The van der Waals surface area contributed by atoms with Gasteiger partial charge in [-0.2, -0.15) is 4.98 Å². The summed E-state index contributed by atoms with van der Waals surface area (Å²) >= 11 is 5.66. The van der Waals surface area contributed by atoms with Crippen LogP contribution < -0.4 is 5.32 Å². The van der Waals surface area contributed by atoms with E-state index in [9.17, 15) is 19.8 Å². The highest BCUT2D eigenvalue weighted by molar-refractivity contribution is 6.28. The summed E-state index contributed by atoms with van der Waals surface area (Å²) in [5.41, 5.74) is 0.963. The van der Waals surface area contributed by atoms with E-state index in [2.05, 4.69) is 20.5 Å². The fraction of sp³-hybridized carbons (Fsp3) is 0.238. The van der Waals surface area contributed by atoms with Crippen molar-refractivity contribution in [2.24, 2.45) is 0 Å². The number of benzene rings is 2. The number of aromatic nitrogens is 3. The number of halogens is 1. The van der Waals surface area contributed by atoms with E-state index < -0.39 is 23.5 Å². The Bertz CT molecular complexity index is 1020. The van der Waals surface area contributed by atoms with Gasteiger partial charge in [-0.25, -0.2) is 9.89 Å². The number of carbonyl (C=O) groups excluding carboxylic acids is 1. The minimum atomic E-state index is -2.02. The van der Waals surface area contributed by atoms with Crippen LogP contribution in [0.4, 0.5) is 0 Å². The van der Waals surface area contributed by atoms with Crippen LogP contribution in [0.2, 0.25) is 5.28 Å². The first kappa shape index (κ1) is 21.5. The van der Waals surface area contributed by atoms with Gasteiger partial charge < -0.3 is 15.5 Å². The van der Waals surface area contributed by atoms with Crippen LogP contribution in [0.25, 0.3) is 11.1 Å². The molecule has 0 unspecified atom stereocenters. The van der Waals surface area contributed by atoms with E-state index in [1.54, 1.807) is 0 Å². The molecule has 156 valence electrons. The van der Waals surface area contributed by atoms with Gasteiger partial charge in [-0.05, 0) is 41.6 Å². The lowest BCUT2D eigenvalue weighted by Gasteiger charge is -2.25. The number of carboxylic acids is 1. The van der Waals surface area contributed by atoms with Gasteiger partial charge in [-0.1, -0.05) is 54.6 Å². The Balaban J connectivity index is 1.77. The summed E-state index contributed by atoms with van der Waals surface area (Å²) in [4.78, 5) is 27.5. The molecule has 0 bridgehead atoms. The molecule has 0 saturated carbocycles. The van der Waals surface area contributed by atoms with Crippen LogP contribution in [0.5, 0.6) is 0 Å². The molecule has 30 heavy (non-hydrogen) atoms. The highest BCUT2D eigenvalue weighted by atomic mass is 35.5. The van der Waals surface area contributed by atoms with E-state index in [4.69, 9.17) is 11.6 Å². The summed E-state index contributed by atoms with van der Waals surface area (Å²) in [6.45, 7) is 1.19. The Morgan fingerprint density at radius 2 is 1.77 bits per heavy atom. The standard InChI is InChI=1S/C21H21ClN4O4/c1-21(30,19(28)29)12-16(23-18(27)17-24-20(22)26-25-17)11-13-7-9-15(10-8-13)14-5-3-2-4-6-14/h2-10,16,30H,11-12H2,1H3,(H,23,27)(H,28,29)(H,24,25,26)/t16-,21-/m0/s1. The second-order valence-electron chi connectivity index (χ2n) is 7.17. The number of H-pyrrole nitrogens is 1. The highest BCUT2D eigenvalue weighted by Crippen LogP contribution is 2.21. The topological polar surface area (TPSA) is 128 Å². The van der Waals surface area contributed by atoms with Crippen LogP contribution in [-0.2, 0) is 11.2 Å². The van der Waals surface area contributed by atoms with E-state index in [0.717, 1.165) is 16.7 Å². The van der Waals surface area contributed by atoms with Gasteiger partial charge in [0.2, 0.25) is 11.1 Å². The lowest BCUT2D eigenvalue weighted by molar-refractivity contribution is -0.157. The van der Waals surface area contributed by atoms with Crippen LogP contribution in [0, 0.1) is 0 Å². The quantitative estimate of drug-likeness (QED) is 0.436. The lowest BCUT2D eigenvalue weighted by atomic mass is 9.92. The average Bonchev–Trinajstić information content (AvgIpc) is 3.15. The van der Waals surface area contributed by atoms with Crippen LogP contribution in [0.15, 0.2) is 54.6 Å². The molecule has 3 aromatic rings. The molecular formula is C21H21ClN4O4. The minimum Gasteiger partial charge on any atom is -0.479 e. The smallest absolute Gasteiger partial charge is 0.335 e. The van der Waals surface area contributed by atoms with Crippen LogP contribution in [0.1, 0.15) is 29.5 Å². The van der Waals surface area contributed by atoms with E-state index in [1.165, 1.54) is 6.92 Å². The summed E-state index contributed by atoms with van der Waals surface area (Å²) in [7, 11) is 0. The molecule has 8 nitrogen and oxygen atoms in total. The normalized spacial score (nSPS) is 14.0. The predicted octanol–water partition coefficient (Wildman–Crippen LogP) is 2.69. The van der Waals surface area contributed by atoms with Gasteiger partial charge in [0.15, 0.2) is 5.60 Å². The van der Waals surface area contributed by atoms with Gasteiger partial charge in [0.1, 0.15) is 0 Å². The molecule has 0 saturated heterocycles. The Kier molecular flexibility index (Phi) is 6.49. The van der Waals surface area contributed by atoms with Crippen molar-refractivity contribution in [1.29, 1.82) is 0 Å². The third-order valence-corrected chi connectivity index (χ3v) is 4.81. The molecule has 2 atom stereocenters. The number of amides is 1. The molecule has 1 heterocycles. The third kappa shape index (κ3) is 5.43. The third-order valence-electron chi connectivity index (χ3n) is 4.64. The van der Waals surface area contributed by atoms with E-state index >= 15 is 0 Å². The maximum absolute atomic E-state index is 12.4. The lowest BCUT2D eigenvalue weighted by Crippen LogP contribution is -2.46. The highest BCUT2D eigenvalue weighted by Gasteiger charge is 2.34. The van der Waals surface area contributed by atoms with E-state index in [1.807, 2.05) is 54.6 Å². The number of hydrogen-bond acceptors (Lipinski definition) is 5. The number of nitrogens with one attached hydrogen (secondary N) is 2. The predicted molar refractivity (Wildman–Crippen MR) is 111 cm³/mol. The van der Waals surface area contributed by atoms with Gasteiger partial charge >= 0.3 is 5.97 Å². The van der Waals surface area contributed by atoms with Crippen molar-refractivity contribution in [1.82, 2.24) is 20.5 Å². The molecule has 0 aliphatic carbocycles. The Morgan fingerprint density at radius 1 is 1.13 bits per heavy atom. The first-order valence-corrected chi connectivity index (χ1v) is 9.61. The van der Waals surface area contributed by atoms with E-state index in [0.29, 0.717) is 6.42 Å². The molecule has 0 fully saturated rings. The van der Waals surface area contributed by atoms with Crippen molar-refractivity contribution in [3.63, 3.8) is 0 Å². The second-order valence-corrected chi connectivity index (χ2v) is 7.53. The number of aliphatic hydroxyl groups is 1. The molecule has 4 N–H and O–H groups in total. The van der Waals surface area contributed by atoms with Crippen molar-refractivity contribution in [3.8, 4) is 11.1 Å². The Hall–Kier alpha value is -3.23. The summed E-state index contributed by atoms with van der Waals surface area (Å²) in [5.74, 6) is -2.16. The number of aromatic amines is 1. The molecule has 2 aromatic carbocycles. The van der Waals surface area contributed by atoms with Gasteiger partial charge in [-0.15, -0.1) is 5.10 Å². The number of rotatable bonds is 8. The molecule has 0 aliphatic rings. The largest absolute Gasteiger partial charge is 0.479 e. The summed E-state index contributed by atoms with van der Waals surface area (Å²) in [6, 6.07) is 16.9.